The molecule has 0 aliphatic heterocycles. The third-order valence-corrected chi connectivity index (χ3v) is 1.51. The van der Waals surface area contributed by atoms with E-state index in [4.69, 9.17) is 0 Å². The molecule has 1 amide bonds. The highest BCUT2D eigenvalue weighted by molar-refractivity contribution is 5.99. The zero-order valence-corrected chi connectivity index (χ0v) is 7.90. The van der Waals surface area contributed by atoms with Crippen molar-refractivity contribution in [1.82, 2.24) is 0 Å². The maximum absolute atomic E-state index is 11.4. The lowest BCUT2D eigenvalue weighted by atomic mass is 10.2. The van der Waals surface area contributed by atoms with Crippen LogP contribution in [0.4, 0.5) is 0 Å². The minimum Gasteiger partial charge on any atom is -0.267 e. The molecule has 2 heteroatoms. The van der Waals surface area contributed by atoms with E-state index in [0.29, 0.717) is 11.5 Å². The Hall–Kier alpha value is -1.44. The second-order valence-corrected chi connectivity index (χ2v) is 3.19. The molecule has 0 unspecified atom stereocenters. The third-order valence-electron chi connectivity index (χ3n) is 1.51. The average Bonchev–Trinajstić information content (AvgIpc) is 2.15. The van der Waals surface area contributed by atoms with Gasteiger partial charge in [0.2, 0.25) is 0 Å². The van der Waals surface area contributed by atoms with E-state index in [9.17, 15) is 4.79 Å². The third kappa shape index (κ3) is 3.20. The molecule has 0 atom stereocenters. The van der Waals surface area contributed by atoms with Crippen molar-refractivity contribution >= 4 is 12.1 Å². The molecule has 0 aliphatic carbocycles. The summed E-state index contributed by atoms with van der Waals surface area (Å²) in [6.07, 6.45) is 1.66. The fourth-order valence-corrected chi connectivity index (χ4v) is 0.872. The van der Waals surface area contributed by atoms with Gasteiger partial charge in [-0.25, -0.2) is 4.99 Å². The summed E-state index contributed by atoms with van der Waals surface area (Å²) >= 11 is 0. The molecule has 0 saturated carbocycles. The topological polar surface area (TPSA) is 29.4 Å². The van der Waals surface area contributed by atoms with Crippen LogP contribution in [0.25, 0.3) is 0 Å². The van der Waals surface area contributed by atoms with Crippen LogP contribution in [0.15, 0.2) is 35.3 Å². The van der Waals surface area contributed by atoms with E-state index in [0.717, 1.165) is 0 Å². The molecular formula is C11H13NO. The summed E-state index contributed by atoms with van der Waals surface area (Å²) in [5, 5.41) is 0. The molecule has 0 heterocycles. The molecule has 0 spiro atoms. The molecule has 13 heavy (non-hydrogen) atoms. The largest absolute Gasteiger partial charge is 0.276 e. The highest BCUT2D eigenvalue weighted by atomic mass is 16.1. The van der Waals surface area contributed by atoms with E-state index in [2.05, 4.69) is 4.99 Å². The number of rotatable bonds is 2. The Bertz CT molecular complexity index is 301. The molecule has 0 radical (unpaired) electrons. The van der Waals surface area contributed by atoms with Crippen LogP contribution in [0.2, 0.25) is 0 Å². The zero-order valence-electron chi connectivity index (χ0n) is 7.90. The highest BCUT2D eigenvalue weighted by Gasteiger charge is 2.00. The van der Waals surface area contributed by atoms with Gasteiger partial charge in [-0.15, -0.1) is 0 Å². The Morgan fingerprint density at radius 1 is 1.31 bits per heavy atom. The van der Waals surface area contributed by atoms with Crippen molar-refractivity contribution in [3.63, 3.8) is 0 Å². The molecule has 0 saturated heterocycles. The number of carbonyl (C=O) groups is 1. The lowest BCUT2D eigenvalue weighted by molar-refractivity contribution is 0.100. The summed E-state index contributed by atoms with van der Waals surface area (Å²) in [5.41, 5.74) is 0.638. The average molecular weight is 175 g/mol. The van der Waals surface area contributed by atoms with Gasteiger partial charge in [0.1, 0.15) is 0 Å². The van der Waals surface area contributed by atoms with E-state index >= 15 is 0 Å². The van der Waals surface area contributed by atoms with Crippen LogP contribution in [-0.2, 0) is 0 Å². The molecule has 0 aromatic heterocycles. The first kappa shape index (κ1) is 9.65. The van der Waals surface area contributed by atoms with Crippen molar-refractivity contribution < 1.29 is 4.79 Å². The van der Waals surface area contributed by atoms with E-state index < -0.39 is 0 Å². The van der Waals surface area contributed by atoms with Crippen molar-refractivity contribution in [3.05, 3.63) is 35.9 Å². The summed E-state index contributed by atoms with van der Waals surface area (Å²) in [6, 6.07) is 9.07. The fraction of sp³-hybridized carbons (Fsp3) is 0.273. The quantitative estimate of drug-likeness (QED) is 0.635. The minimum atomic E-state index is -0.172. The minimum absolute atomic E-state index is 0.172. The van der Waals surface area contributed by atoms with Crippen molar-refractivity contribution in [2.45, 2.75) is 13.8 Å². The lowest BCUT2D eigenvalue weighted by Gasteiger charge is -1.94. The van der Waals surface area contributed by atoms with E-state index in [-0.39, 0.29) is 5.91 Å². The first-order valence-electron chi connectivity index (χ1n) is 4.33. The molecule has 0 fully saturated rings. The molecule has 1 rings (SSSR count). The van der Waals surface area contributed by atoms with Crippen LogP contribution in [0.3, 0.4) is 0 Å². The van der Waals surface area contributed by atoms with E-state index in [1.807, 2.05) is 32.0 Å². The van der Waals surface area contributed by atoms with Gasteiger partial charge in [-0.1, -0.05) is 32.0 Å². The first-order valence-corrected chi connectivity index (χ1v) is 4.33. The summed E-state index contributed by atoms with van der Waals surface area (Å²) in [4.78, 5) is 15.2. The monoisotopic (exact) mass is 175 g/mol. The molecule has 0 N–H and O–H groups in total. The van der Waals surface area contributed by atoms with Gasteiger partial charge in [0.15, 0.2) is 0 Å². The molecular weight excluding hydrogens is 162 g/mol. The van der Waals surface area contributed by atoms with Crippen LogP contribution in [-0.4, -0.2) is 12.1 Å². The maximum atomic E-state index is 11.4. The van der Waals surface area contributed by atoms with E-state index in [1.54, 1.807) is 18.3 Å². The van der Waals surface area contributed by atoms with Crippen LogP contribution >= 0.6 is 0 Å². The predicted molar refractivity (Wildman–Crippen MR) is 54.1 cm³/mol. The van der Waals surface area contributed by atoms with Crippen LogP contribution in [0, 0.1) is 5.92 Å². The SMILES string of the molecule is CC(C)C=NC(=O)c1ccccc1. The van der Waals surface area contributed by atoms with Crippen molar-refractivity contribution in [2.24, 2.45) is 10.9 Å². The molecule has 68 valence electrons. The van der Waals surface area contributed by atoms with Crippen molar-refractivity contribution in [1.29, 1.82) is 0 Å². The van der Waals surface area contributed by atoms with Gasteiger partial charge in [-0.05, 0) is 18.1 Å². The predicted octanol–water partition coefficient (Wildman–Crippen LogP) is 2.55. The van der Waals surface area contributed by atoms with Gasteiger partial charge < -0.3 is 0 Å². The van der Waals surface area contributed by atoms with Crippen molar-refractivity contribution in [2.75, 3.05) is 0 Å². The number of nitrogens with zero attached hydrogens (tertiary/aromatic N) is 1. The smallest absolute Gasteiger partial charge is 0.267 e. The Kier molecular flexibility index (Phi) is 3.38. The van der Waals surface area contributed by atoms with Crippen LogP contribution < -0.4 is 0 Å². The number of carbonyl (C=O) groups excluding carboxylic acids is 1. The van der Waals surface area contributed by atoms with Gasteiger partial charge in [0, 0.05) is 11.8 Å². The van der Waals surface area contributed by atoms with Gasteiger partial charge >= 0.3 is 0 Å². The summed E-state index contributed by atoms with van der Waals surface area (Å²) < 4.78 is 0. The summed E-state index contributed by atoms with van der Waals surface area (Å²) in [5.74, 6) is 0.141. The Morgan fingerprint density at radius 3 is 2.46 bits per heavy atom. The van der Waals surface area contributed by atoms with Gasteiger partial charge in [-0.2, -0.15) is 0 Å². The Morgan fingerprint density at radius 2 is 1.92 bits per heavy atom. The van der Waals surface area contributed by atoms with Gasteiger partial charge in [0.05, 0.1) is 0 Å². The van der Waals surface area contributed by atoms with E-state index in [1.165, 1.54) is 0 Å². The van der Waals surface area contributed by atoms with Crippen LogP contribution in [0.1, 0.15) is 24.2 Å². The number of amides is 1. The number of aliphatic imine (C=N–C) groups is 1. The molecule has 2 nitrogen and oxygen atoms in total. The second kappa shape index (κ2) is 4.55. The van der Waals surface area contributed by atoms with Gasteiger partial charge in [0.25, 0.3) is 5.91 Å². The first-order chi connectivity index (χ1) is 6.20. The molecule has 1 aromatic rings. The number of hydrogen-bond donors (Lipinski definition) is 0. The van der Waals surface area contributed by atoms with Crippen LogP contribution in [0.5, 0.6) is 0 Å². The highest BCUT2D eigenvalue weighted by Crippen LogP contribution is 2.00. The van der Waals surface area contributed by atoms with Gasteiger partial charge in [-0.3, -0.25) is 4.79 Å². The molecule has 1 aromatic carbocycles. The fourth-order valence-electron chi connectivity index (χ4n) is 0.872. The molecule has 0 bridgehead atoms. The maximum Gasteiger partial charge on any atom is 0.276 e. The molecule has 0 aliphatic rings. The standard InChI is InChI=1S/C11H13NO/c1-9(2)8-12-11(13)10-6-4-3-5-7-10/h3-9H,1-2H3. The number of benzene rings is 1. The summed E-state index contributed by atoms with van der Waals surface area (Å²) in [6.45, 7) is 3.98. The number of hydrogen-bond acceptors (Lipinski definition) is 1. The Labute approximate surface area is 78.3 Å². The normalized spacial score (nSPS) is 11.0. The zero-order chi connectivity index (χ0) is 9.68. The Balaban J connectivity index is 2.70. The second-order valence-electron chi connectivity index (χ2n) is 3.19. The summed E-state index contributed by atoms with van der Waals surface area (Å²) in [7, 11) is 0. The van der Waals surface area contributed by atoms with Crippen molar-refractivity contribution in [3.8, 4) is 0 Å². The lowest BCUT2D eigenvalue weighted by Crippen LogP contribution is -1.97.